The maximum absolute atomic E-state index is 11.8. The predicted molar refractivity (Wildman–Crippen MR) is 68.4 cm³/mol. The van der Waals surface area contributed by atoms with E-state index in [1.54, 1.807) is 18.3 Å². The molecule has 0 N–H and O–H groups in total. The molecule has 0 saturated heterocycles. The van der Waals surface area contributed by atoms with Crippen LogP contribution in [0.1, 0.15) is 48.7 Å². The normalized spacial score (nSPS) is 18.2. The van der Waals surface area contributed by atoms with Gasteiger partial charge in [0.05, 0.1) is 18.4 Å². The minimum absolute atomic E-state index is 0.192. The van der Waals surface area contributed by atoms with E-state index in [9.17, 15) is 4.79 Å². The van der Waals surface area contributed by atoms with Crippen molar-refractivity contribution in [1.29, 1.82) is 5.26 Å². The smallest absolute Gasteiger partial charge is 0.315 e. The highest BCUT2D eigenvalue weighted by Gasteiger charge is 2.36. The molecule has 96 valence electrons. The number of ether oxygens (including phenoxy) is 1. The molecule has 0 amide bonds. The lowest BCUT2D eigenvalue weighted by molar-refractivity contribution is -0.145. The van der Waals surface area contributed by atoms with Gasteiger partial charge >= 0.3 is 5.97 Å². The Morgan fingerprint density at radius 3 is 3.00 bits per heavy atom. The van der Waals surface area contributed by atoms with Gasteiger partial charge in [0.2, 0.25) is 0 Å². The van der Waals surface area contributed by atoms with Gasteiger partial charge in [0.1, 0.15) is 16.3 Å². The predicted octanol–water partition coefficient (Wildman–Crippen LogP) is 2.54. The maximum atomic E-state index is 11.8. The number of hydrogen-bond acceptors (Lipinski definition) is 5. The number of nitrogens with zero attached hydrogens (tertiary/aromatic N) is 2. The zero-order chi connectivity index (χ0) is 13.3. The van der Waals surface area contributed by atoms with Crippen molar-refractivity contribution in [3.8, 4) is 6.07 Å². The fourth-order valence-corrected chi connectivity index (χ4v) is 3.21. The first kappa shape index (κ1) is 13.0. The summed E-state index contributed by atoms with van der Waals surface area (Å²) in [7, 11) is 0. The molecule has 0 saturated carbocycles. The molecule has 1 aromatic heterocycles. The van der Waals surface area contributed by atoms with Crippen LogP contribution in [0.3, 0.4) is 0 Å². The Hall–Kier alpha value is -1.41. The molecule has 1 aliphatic carbocycles. The maximum Gasteiger partial charge on any atom is 0.315 e. The summed E-state index contributed by atoms with van der Waals surface area (Å²) in [5.74, 6) is -0.428. The number of aromatic nitrogens is 1. The third-order valence-corrected chi connectivity index (χ3v) is 4.56. The number of thiazole rings is 1. The van der Waals surface area contributed by atoms with Crippen LogP contribution in [-0.4, -0.2) is 17.6 Å². The Morgan fingerprint density at radius 2 is 2.39 bits per heavy atom. The molecule has 1 atom stereocenters. The summed E-state index contributed by atoms with van der Waals surface area (Å²) >= 11 is 1.55. The Bertz CT molecular complexity index is 514. The highest BCUT2D eigenvalue weighted by atomic mass is 32.1. The van der Waals surface area contributed by atoms with E-state index >= 15 is 0 Å². The lowest BCUT2D eigenvalue weighted by Crippen LogP contribution is -2.16. The summed E-state index contributed by atoms with van der Waals surface area (Å²) in [6, 6.07) is 2.25. The van der Waals surface area contributed by atoms with E-state index in [1.807, 2.05) is 13.8 Å². The Morgan fingerprint density at radius 1 is 1.67 bits per heavy atom. The molecule has 1 unspecified atom stereocenters. The first-order chi connectivity index (χ1) is 8.49. The lowest BCUT2D eigenvalue weighted by Gasteiger charge is -2.12. The number of carbonyl (C=O) groups excluding carboxylic acids is 1. The third kappa shape index (κ3) is 2.13. The van der Waals surface area contributed by atoms with E-state index in [2.05, 4.69) is 11.1 Å². The van der Waals surface area contributed by atoms with Crippen molar-refractivity contribution in [2.45, 2.75) is 44.9 Å². The van der Waals surface area contributed by atoms with Gasteiger partial charge < -0.3 is 4.74 Å². The number of rotatable bonds is 3. The van der Waals surface area contributed by atoms with Crippen LogP contribution in [0.15, 0.2) is 0 Å². The van der Waals surface area contributed by atoms with Gasteiger partial charge in [-0.2, -0.15) is 5.26 Å². The minimum atomic E-state index is -0.589. The van der Waals surface area contributed by atoms with Gasteiger partial charge in [-0.25, -0.2) is 4.98 Å². The average molecular weight is 264 g/mol. The molecule has 0 bridgehead atoms. The van der Waals surface area contributed by atoms with Crippen LogP contribution in [0.2, 0.25) is 0 Å². The highest BCUT2D eigenvalue weighted by molar-refractivity contribution is 7.12. The van der Waals surface area contributed by atoms with Crippen LogP contribution >= 0.6 is 11.3 Å². The summed E-state index contributed by atoms with van der Waals surface area (Å²) < 4.78 is 5.06. The average Bonchev–Trinajstić information content (AvgIpc) is 2.88. The van der Waals surface area contributed by atoms with Gasteiger partial charge in [-0.1, -0.05) is 0 Å². The molecule has 2 rings (SSSR count). The van der Waals surface area contributed by atoms with Crippen LogP contribution in [0.5, 0.6) is 0 Å². The topological polar surface area (TPSA) is 63.0 Å². The van der Waals surface area contributed by atoms with Crippen molar-refractivity contribution in [2.24, 2.45) is 0 Å². The van der Waals surface area contributed by atoms with Crippen molar-refractivity contribution >= 4 is 17.3 Å². The van der Waals surface area contributed by atoms with Gasteiger partial charge in [-0.3, -0.25) is 4.79 Å². The van der Waals surface area contributed by atoms with Gasteiger partial charge in [-0.15, -0.1) is 11.3 Å². The second kappa shape index (κ2) is 4.69. The van der Waals surface area contributed by atoms with Gasteiger partial charge in [0.25, 0.3) is 0 Å². The quantitative estimate of drug-likeness (QED) is 0.787. The zero-order valence-corrected chi connectivity index (χ0v) is 11.6. The van der Waals surface area contributed by atoms with Crippen molar-refractivity contribution < 1.29 is 9.53 Å². The fourth-order valence-electron chi connectivity index (χ4n) is 2.01. The minimum Gasteiger partial charge on any atom is -0.465 e. The van der Waals surface area contributed by atoms with Crippen LogP contribution in [0.4, 0.5) is 0 Å². The van der Waals surface area contributed by atoms with E-state index < -0.39 is 5.41 Å². The summed E-state index contributed by atoms with van der Waals surface area (Å²) in [5.41, 5.74) is 0.241. The zero-order valence-electron chi connectivity index (χ0n) is 10.8. The first-order valence-corrected chi connectivity index (χ1v) is 6.89. The molecular formula is C13H16N2O2S. The molecule has 5 heteroatoms. The monoisotopic (exact) mass is 264 g/mol. The number of carbonyl (C=O) groups is 1. The van der Waals surface area contributed by atoms with Crippen LogP contribution < -0.4 is 0 Å². The summed E-state index contributed by atoms with van der Waals surface area (Å²) in [6.45, 7) is 5.89. The molecule has 0 fully saturated rings. The van der Waals surface area contributed by atoms with Crippen LogP contribution in [0.25, 0.3) is 0 Å². The largest absolute Gasteiger partial charge is 0.465 e. The third-order valence-electron chi connectivity index (χ3n) is 3.10. The fraction of sp³-hybridized carbons (Fsp3) is 0.615. The van der Waals surface area contributed by atoms with Gasteiger partial charge in [-0.05, 0) is 33.6 Å². The number of aryl methyl sites for hydroxylation is 1. The Kier molecular flexibility index (Phi) is 3.40. The van der Waals surface area contributed by atoms with Crippen molar-refractivity contribution in [3.05, 3.63) is 15.6 Å². The molecule has 1 aromatic rings. The van der Waals surface area contributed by atoms with Gasteiger partial charge in [0.15, 0.2) is 0 Å². The van der Waals surface area contributed by atoms with Crippen LogP contribution in [0, 0.1) is 11.3 Å². The molecule has 0 aromatic carbocycles. The number of nitriles is 1. The van der Waals surface area contributed by atoms with Crippen LogP contribution in [-0.2, 0) is 21.4 Å². The SMILES string of the molecule is CCOC(=O)C1CCc2sc(C(C)(C)C#N)nc21. The molecule has 1 heterocycles. The molecule has 18 heavy (non-hydrogen) atoms. The summed E-state index contributed by atoms with van der Waals surface area (Å²) in [5, 5.41) is 9.92. The standard InChI is InChI=1S/C13H16N2O2S/c1-4-17-11(16)8-5-6-9-10(8)15-12(18-9)13(2,3)7-14/h8H,4-6H2,1-3H3. The van der Waals surface area contributed by atoms with Crippen molar-refractivity contribution in [2.75, 3.05) is 6.61 Å². The molecular weight excluding hydrogens is 248 g/mol. The van der Waals surface area contributed by atoms with E-state index in [0.29, 0.717) is 6.61 Å². The van der Waals surface area contributed by atoms with E-state index in [4.69, 9.17) is 10.00 Å². The second-order valence-corrected chi connectivity index (χ2v) is 5.99. The molecule has 4 nitrogen and oxygen atoms in total. The van der Waals surface area contributed by atoms with Gasteiger partial charge in [0, 0.05) is 4.88 Å². The highest BCUT2D eigenvalue weighted by Crippen LogP contribution is 2.40. The molecule has 0 spiro atoms. The second-order valence-electron chi connectivity index (χ2n) is 4.91. The number of fused-ring (bicyclic) bond motifs is 1. The molecule has 0 aliphatic heterocycles. The number of hydrogen-bond donors (Lipinski definition) is 0. The Labute approximate surface area is 111 Å². The first-order valence-electron chi connectivity index (χ1n) is 6.07. The molecule has 1 aliphatic rings. The summed E-state index contributed by atoms with van der Waals surface area (Å²) in [4.78, 5) is 17.5. The lowest BCUT2D eigenvalue weighted by atomic mass is 9.97. The molecule has 0 radical (unpaired) electrons. The van der Waals surface area contributed by atoms with E-state index in [0.717, 1.165) is 28.4 Å². The van der Waals surface area contributed by atoms with Crippen molar-refractivity contribution in [3.63, 3.8) is 0 Å². The summed E-state index contributed by atoms with van der Waals surface area (Å²) in [6.07, 6.45) is 1.64. The van der Waals surface area contributed by atoms with Crippen molar-refractivity contribution in [1.82, 2.24) is 4.98 Å². The van der Waals surface area contributed by atoms with E-state index in [-0.39, 0.29) is 11.9 Å². The Balaban J connectivity index is 2.29. The number of esters is 1. The van der Waals surface area contributed by atoms with E-state index in [1.165, 1.54) is 0 Å².